The van der Waals surface area contributed by atoms with Crippen molar-refractivity contribution in [2.75, 3.05) is 13.1 Å². The van der Waals surface area contributed by atoms with Crippen LogP contribution in [0.4, 0.5) is 0 Å². The highest BCUT2D eigenvalue weighted by Gasteiger charge is 2.20. The Morgan fingerprint density at radius 3 is 2.95 bits per heavy atom. The van der Waals surface area contributed by atoms with Gasteiger partial charge in [0.15, 0.2) is 0 Å². The van der Waals surface area contributed by atoms with Crippen molar-refractivity contribution >= 4 is 37.3 Å². The Balaban J connectivity index is 1.99. The Bertz CT molecular complexity index is 667. The van der Waals surface area contributed by atoms with Crippen molar-refractivity contribution in [3.8, 4) is 0 Å². The lowest BCUT2D eigenvalue weighted by Crippen LogP contribution is -2.26. The minimum atomic E-state index is -3.50. The normalized spacial score (nSPS) is 11.9. The van der Waals surface area contributed by atoms with Crippen LogP contribution < -0.4 is 10.0 Å². The second-order valence-corrected chi connectivity index (χ2v) is 8.50. The minimum Gasteiger partial charge on any atom is -0.349 e. The van der Waals surface area contributed by atoms with Gasteiger partial charge >= 0.3 is 0 Å². The van der Waals surface area contributed by atoms with Crippen LogP contribution >= 0.6 is 27.3 Å². The first-order valence-electron chi connectivity index (χ1n) is 6.49. The van der Waals surface area contributed by atoms with Crippen molar-refractivity contribution in [2.45, 2.75) is 24.8 Å². The monoisotopic (exact) mass is 392 g/mol. The maximum Gasteiger partial charge on any atom is 0.242 e. The zero-order valence-electron chi connectivity index (χ0n) is 11.5. The molecule has 6 nitrogen and oxygen atoms in total. The SMILES string of the molecule is CCNCc1cc(S(=O)(=O)NCCc2ncc[nH]2)c(Br)s1. The lowest BCUT2D eigenvalue weighted by atomic mass is 10.4. The smallest absolute Gasteiger partial charge is 0.242 e. The van der Waals surface area contributed by atoms with Gasteiger partial charge in [0, 0.05) is 36.8 Å². The van der Waals surface area contributed by atoms with Gasteiger partial charge in [0.25, 0.3) is 0 Å². The second-order valence-electron chi connectivity index (χ2n) is 4.31. The van der Waals surface area contributed by atoms with Crippen molar-refractivity contribution in [2.24, 2.45) is 0 Å². The van der Waals surface area contributed by atoms with Crippen LogP contribution in [0, 0.1) is 0 Å². The number of nitrogens with one attached hydrogen (secondary N) is 3. The molecular formula is C12H17BrN4O2S2. The number of hydrogen-bond acceptors (Lipinski definition) is 5. The van der Waals surface area contributed by atoms with E-state index in [0.717, 1.165) is 17.2 Å². The number of sulfonamides is 1. The van der Waals surface area contributed by atoms with E-state index in [0.29, 0.717) is 28.2 Å². The standard InChI is InChI=1S/C12H17BrN4O2S2/c1-2-14-8-9-7-10(12(13)20-9)21(18,19)17-4-3-11-15-5-6-16-11/h5-7,14,17H,2-4,8H2,1H3,(H,15,16). The van der Waals surface area contributed by atoms with Gasteiger partial charge in [-0.25, -0.2) is 18.1 Å². The molecule has 2 heterocycles. The summed E-state index contributed by atoms with van der Waals surface area (Å²) in [6.07, 6.45) is 3.89. The first kappa shape index (κ1) is 16.6. The Morgan fingerprint density at radius 1 is 1.48 bits per heavy atom. The minimum absolute atomic E-state index is 0.292. The molecule has 0 aliphatic rings. The number of H-pyrrole nitrogens is 1. The maximum absolute atomic E-state index is 12.3. The maximum atomic E-state index is 12.3. The summed E-state index contributed by atoms with van der Waals surface area (Å²) in [5, 5.41) is 3.18. The predicted octanol–water partition coefficient (Wildman–Crippen LogP) is 1.86. The zero-order valence-corrected chi connectivity index (χ0v) is 14.7. The van der Waals surface area contributed by atoms with Crippen LogP contribution in [0.25, 0.3) is 0 Å². The Morgan fingerprint density at radius 2 is 2.29 bits per heavy atom. The van der Waals surface area contributed by atoms with E-state index in [4.69, 9.17) is 0 Å². The third-order valence-electron chi connectivity index (χ3n) is 2.75. The van der Waals surface area contributed by atoms with Gasteiger partial charge in [-0.1, -0.05) is 6.92 Å². The topological polar surface area (TPSA) is 86.9 Å². The van der Waals surface area contributed by atoms with Crippen molar-refractivity contribution in [1.82, 2.24) is 20.0 Å². The highest BCUT2D eigenvalue weighted by atomic mass is 79.9. The van der Waals surface area contributed by atoms with Crippen LogP contribution in [0.15, 0.2) is 27.1 Å². The van der Waals surface area contributed by atoms with Gasteiger partial charge in [-0.2, -0.15) is 0 Å². The number of nitrogens with zero attached hydrogens (tertiary/aromatic N) is 1. The van der Waals surface area contributed by atoms with Gasteiger partial charge in [-0.15, -0.1) is 11.3 Å². The fourth-order valence-corrected chi connectivity index (χ4v) is 5.41. The number of aromatic nitrogens is 2. The summed E-state index contributed by atoms with van der Waals surface area (Å²) < 4.78 is 27.8. The summed E-state index contributed by atoms with van der Waals surface area (Å²) in [5.74, 6) is 0.759. The van der Waals surface area contributed by atoms with E-state index in [1.165, 1.54) is 11.3 Å². The van der Waals surface area contributed by atoms with Crippen molar-refractivity contribution < 1.29 is 8.42 Å². The van der Waals surface area contributed by atoms with Crippen molar-refractivity contribution in [3.63, 3.8) is 0 Å². The summed E-state index contributed by atoms with van der Waals surface area (Å²) in [6.45, 7) is 3.83. The number of aromatic amines is 1. The van der Waals surface area contributed by atoms with Crippen LogP contribution in [-0.2, 0) is 23.0 Å². The van der Waals surface area contributed by atoms with E-state index in [-0.39, 0.29) is 0 Å². The molecule has 3 N–H and O–H groups in total. The molecule has 21 heavy (non-hydrogen) atoms. The third kappa shape index (κ3) is 4.62. The number of imidazole rings is 1. The van der Waals surface area contributed by atoms with E-state index in [1.54, 1.807) is 18.5 Å². The van der Waals surface area contributed by atoms with Crippen LogP contribution in [0.3, 0.4) is 0 Å². The van der Waals surface area contributed by atoms with E-state index >= 15 is 0 Å². The van der Waals surface area contributed by atoms with Gasteiger partial charge in [0.1, 0.15) is 10.7 Å². The van der Waals surface area contributed by atoms with Crippen LogP contribution in [0.1, 0.15) is 17.6 Å². The molecule has 0 radical (unpaired) electrons. The first-order valence-corrected chi connectivity index (χ1v) is 9.59. The largest absolute Gasteiger partial charge is 0.349 e. The van der Waals surface area contributed by atoms with Crippen LogP contribution in [-0.4, -0.2) is 31.5 Å². The highest BCUT2D eigenvalue weighted by Crippen LogP contribution is 2.31. The highest BCUT2D eigenvalue weighted by molar-refractivity contribution is 9.11. The molecule has 2 aromatic rings. The molecule has 116 valence electrons. The van der Waals surface area contributed by atoms with Gasteiger partial charge in [-0.05, 0) is 28.5 Å². The van der Waals surface area contributed by atoms with Gasteiger partial charge < -0.3 is 10.3 Å². The van der Waals surface area contributed by atoms with E-state index in [2.05, 4.69) is 35.9 Å². The molecule has 0 atom stereocenters. The Hall–Kier alpha value is -0.740. The molecule has 0 bridgehead atoms. The van der Waals surface area contributed by atoms with Crippen molar-refractivity contribution in [3.05, 3.63) is 32.9 Å². The van der Waals surface area contributed by atoms with Gasteiger partial charge in [0.2, 0.25) is 10.0 Å². The number of halogens is 1. The zero-order chi connectivity index (χ0) is 15.3. The van der Waals surface area contributed by atoms with Crippen molar-refractivity contribution in [1.29, 1.82) is 0 Å². The number of thiophene rings is 1. The summed E-state index contributed by atoms with van der Waals surface area (Å²) in [7, 11) is -3.50. The van der Waals surface area contributed by atoms with Crippen LogP contribution in [0.2, 0.25) is 0 Å². The average Bonchev–Trinajstić information content (AvgIpc) is 3.06. The van der Waals surface area contributed by atoms with Gasteiger partial charge in [0.05, 0.1) is 3.79 Å². The molecule has 0 saturated carbocycles. The number of rotatable bonds is 8. The average molecular weight is 393 g/mol. The molecule has 2 aromatic heterocycles. The molecule has 0 amide bonds. The summed E-state index contributed by atoms with van der Waals surface area (Å²) in [5.41, 5.74) is 0. The summed E-state index contributed by atoms with van der Waals surface area (Å²) in [6, 6.07) is 1.70. The van der Waals surface area contributed by atoms with E-state index < -0.39 is 10.0 Å². The molecule has 9 heteroatoms. The molecule has 0 fully saturated rings. The van der Waals surface area contributed by atoms with E-state index in [1.807, 2.05) is 6.92 Å². The summed E-state index contributed by atoms with van der Waals surface area (Å²) in [4.78, 5) is 8.27. The Labute approximate surface area is 136 Å². The lowest BCUT2D eigenvalue weighted by molar-refractivity contribution is 0.581. The second kappa shape index (κ2) is 7.50. The molecule has 0 unspecified atom stereocenters. The molecule has 2 rings (SSSR count). The molecule has 0 aliphatic carbocycles. The Kier molecular flexibility index (Phi) is 5.94. The molecular weight excluding hydrogens is 376 g/mol. The third-order valence-corrected chi connectivity index (χ3v) is 6.47. The molecule has 0 spiro atoms. The molecule has 0 saturated heterocycles. The predicted molar refractivity (Wildman–Crippen MR) is 86.9 cm³/mol. The lowest BCUT2D eigenvalue weighted by Gasteiger charge is -2.04. The van der Waals surface area contributed by atoms with E-state index in [9.17, 15) is 8.42 Å². The first-order chi connectivity index (χ1) is 10.0. The fraction of sp³-hybridized carbons (Fsp3) is 0.417. The van der Waals surface area contributed by atoms with Crippen LogP contribution in [0.5, 0.6) is 0 Å². The number of hydrogen-bond donors (Lipinski definition) is 3. The molecule has 0 aliphatic heterocycles. The summed E-state index contributed by atoms with van der Waals surface area (Å²) >= 11 is 4.76. The van der Waals surface area contributed by atoms with Gasteiger partial charge in [-0.3, -0.25) is 0 Å². The molecule has 0 aromatic carbocycles. The fourth-order valence-electron chi connectivity index (χ4n) is 1.73. The quantitative estimate of drug-likeness (QED) is 0.639.